The van der Waals surface area contributed by atoms with Gasteiger partial charge in [0.25, 0.3) is 0 Å². The Morgan fingerprint density at radius 2 is 2.11 bits per heavy atom. The van der Waals surface area contributed by atoms with Crippen molar-refractivity contribution in [1.82, 2.24) is 14.9 Å². The van der Waals surface area contributed by atoms with Crippen LogP contribution in [0.2, 0.25) is 0 Å². The lowest BCUT2D eigenvalue weighted by molar-refractivity contribution is 0.298. The summed E-state index contributed by atoms with van der Waals surface area (Å²) in [4.78, 5) is 3.99. The molecule has 0 bridgehead atoms. The van der Waals surface area contributed by atoms with E-state index in [0.29, 0.717) is 12.6 Å². The second-order valence-electron chi connectivity index (χ2n) is 4.23. The van der Waals surface area contributed by atoms with Gasteiger partial charge in [0, 0.05) is 18.4 Å². The monoisotopic (exact) mass is 245 g/mol. The van der Waals surface area contributed by atoms with Gasteiger partial charge in [-0.1, -0.05) is 12.1 Å². The Morgan fingerprint density at radius 1 is 1.33 bits per heavy atom. The first-order valence-corrected chi connectivity index (χ1v) is 6.15. The fourth-order valence-electron chi connectivity index (χ4n) is 1.71. The number of aromatic nitrogens is 2. The normalized spacial score (nSPS) is 12.3. The van der Waals surface area contributed by atoms with Crippen LogP contribution in [0.5, 0.6) is 5.75 Å². The van der Waals surface area contributed by atoms with Gasteiger partial charge in [0.1, 0.15) is 12.4 Å². The largest absolute Gasteiger partial charge is 0.492 e. The maximum atomic E-state index is 5.68. The van der Waals surface area contributed by atoms with Gasteiger partial charge in [-0.05, 0) is 31.7 Å². The molecule has 1 N–H and O–H groups in total. The quantitative estimate of drug-likeness (QED) is 0.848. The molecular weight excluding hydrogens is 226 g/mol. The second kappa shape index (κ2) is 6.21. The lowest BCUT2D eigenvalue weighted by Gasteiger charge is -2.12. The van der Waals surface area contributed by atoms with E-state index in [-0.39, 0.29) is 0 Å². The lowest BCUT2D eigenvalue weighted by atomic mass is 10.1. The fraction of sp³-hybridized carbons (Fsp3) is 0.357. The summed E-state index contributed by atoms with van der Waals surface area (Å²) in [5, 5.41) is 3.21. The molecule has 1 aromatic carbocycles. The SMILES string of the molecule is CNC(C)c1ccc(OCCn2ccnc2)cc1. The third kappa shape index (κ3) is 3.34. The first kappa shape index (κ1) is 12.6. The first-order chi connectivity index (χ1) is 8.79. The van der Waals surface area contributed by atoms with E-state index >= 15 is 0 Å². The summed E-state index contributed by atoms with van der Waals surface area (Å²) >= 11 is 0. The second-order valence-corrected chi connectivity index (χ2v) is 4.23. The van der Waals surface area contributed by atoms with Crippen LogP contribution >= 0.6 is 0 Å². The highest BCUT2D eigenvalue weighted by atomic mass is 16.5. The van der Waals surface area contributed by atoms with Crippen molar-refractivity contribution in [3.63, 3.8) is 0 Å². The molecule has 1 atom stereocenters. The van der Waals surface area contributed by atoms with Crippen LogP contribution in [0.3, 0.4) is 0 Å². The van der Waals surface area contributed by atoms with Crippen LogP contribution < -0.4 is 10.1 Å². The molecule has 18 heavy (non-hydrogen) atoms. The van der Waals surface area contributed by atoms with Gasteiger partial charge in [0.2, 0.25) is 0 Å². The number of hydrogen-bond acceptors (Lipinski definition) is 3. The summed E-state index contributed by atoms with van der Waals surface area (Å²) in [6.07, 6.45) is 5.50. The minimum atomic E-state index is 0.366. The van der Waals surface area contributed by atoms with E-state index in [9.17, 15) is 0 Å². The molecule has 0 saturated heterocycles. The third-order valence-electron chi connectivity index (χ3n) is 2.99. The Bertz CT molecular complexity index is 450. The van der Waals surface area contributed by atoms with E-state index in [0.717, 1.165) is 12.3 Å². The maximum absolute atomic E-state index is 5.68. The van der Waals surface area contributed by atoms with Gasteiger partial charge in [0.15, 0.2) is 0 Å². The molecule has 0 saturated carbocycles. The summed E-state index contributed by atoms with van der Waals surface area (Å²) in [6, 6.07) is 8.57. The molecule has 1 heterocycles. The molecule has 0 aliphatic rings. The molecule has 0 fully saturated rings. The van der Waals surface area contributed by atoms with Gasteiger partial charge >= 0.3 is 0 Å². The number of benzene rings is 1. The van der Waals surface area contributed by atoms with E-state index in [1.54, 1.807) is 12.5 Å². The molecule has 4 nitrogen and oxygen atoms in total. The van der Waals surface area contributed by atoms with E-state index in [1.807, 2.05) is 29.9 Å². The van der Waals surface area contributed by atoms with Crippen molar-refractivity contribution in [1.29, 1.82) is 0 Å². The molecule has 4 heteroatoms. The zero-order chi connectivity index (χ0) is 12.8. The van der Waals surface area contributed by atoms with Crippen LogP contribution in [0.15, 0.2) is 43.0 Å². The van der Waals surface area contributed by atoms with Crippen LogP contribution in [0.25, 0.3) is 0 Å². The molecule has 2 rings (SSSR count). The maximum Gasteiger partial charge on any atom is 0.119 e. The summed E-state index contributed by atoms with van der Waals surface area (Å²) in [6.45, 7) is 3.60. The molecule has 2 aromatic rings. The highest BCUT2D eigenvalue weighted by Gasteiger charge is 2.02. The summed E-state index contributed by atoms with van der Waals surface area (Å²) in [7, 11) is 1.96. The lowest BCUT2D eigenvalue weighted by Crippen LogP contribution is -2.12. The smallest absolute Gasteiger partial charge is 0.119 e. The Morgan fingerprint density at radius 3 is 2.72 bits per heavy atom. The van der Waals surface area contributed by atoms with Crippen molar-refractivity contribution < 1.29 is 4.74 Å². The molecule has 96 valence electrons. The van der Waals surface area contributed by atoms with Gasteiger partial charge in [-0.15, -0.1) is 0 Å². The molecule has 0 radical (unpaired) electrons. The number of rotatable bonds is 6. The Balaban J connectivity index is 1.83. The molecule has 0 spiro atoms. The number of nitrogens with one attached hydrogen (secondary N) is 1. The van der Waals surface area contributed by atoms with Crippen molar-refractivity contribution in [2.45, 2.75) is 19.5 Å². The average Bonchev–Trinajstić information content (AvgIpc) is 2.92. The van der Waals surface area contributed by atoms with Crippen molar-refractivity contribution in [2.24, 2.45) is 0 Å². The zero-order valence-corrected chi connectivity index (χ0v) is 10.8. The first-order valence-electron chi connectivity index (χ1n) is 6.15. The standard InChI is InChI=1S/C14H19N3O/c1-12(15-2)13-3-5-14(6-4-13)18-10-9-17-8-7-16-11-17/h3-8,11-12,15H,9-10H2,1-2H3. The molecule has 1 unspecified atom stereocenters. The van der Waals surface area contributed by atoms with Crippen molar-refractivity contribution in [2.75, 3.05) is 13.7 Å². The van der Waals surface area contributed by atoms with Gasteiger partial charge < -0.3 is 14.6 Å². The van der Waals surface area contributed by atoms with E-state index in [4.69, 9.17) is 4.74 Å². The number of hydrogen-bond donors (Lipinski definition) is 1. The highest BCUT2D eigenvalue weighted by Crippen LogP contribution is 2.17. The summed E-state index contributed by atoms with van der Waals surface area (Å²) < 4.78 is 7.68. The zero-order valence-electron chi connectivity index (χ0n) is 10.8. The van der Waals surface area contributed by atoms with Gasteiger partial charge in [-0.3, -0.25) is 0 Å². The molecule has 0 aliphatic carbocycles. The molecule has 1 aromatic heterocycles. The molecule has 0 amide bonds. The van der Waals surface area contributed by atoms with Gasteiger partial charge in [-0.25, -0.2) is 4.98 Å². The predicted octanol–water partition coefficient (Wildman–Crippen LogP) is 2.24. The van der Waals surface area contributed by atoms with Crippen molar-refractivity contribution in [3.8, 4) is 5.75 Å². The minimum absolute atomic E-state index is 0.366. The van der Waals surface area contributed by atoms with Crippen LogP contribution in [0, 0.1) is 0 Å². The third-order valence-corrected chi connectivity index (χ3v) is 2.99. The van der Waals surface area contributed by atoms with Crippen LogP contribution in [-0.2, 0) is 6.54 Å². The topological polar surface area (TPSA) is 39.1 Å². The molecule has 0 aliphatic heterocycles. The van der Waals surface area contributed by atoms with Crippen LogP contribution in [0.1, 0.15) is 18.5 Å². The van der Waals surface area contributed by atoms with Gasteiger partial charge in [0.05, 0.1) is 12.9 Å². The summed E-state index contributed by atoms with van der Waals surface area (Å²) in [5.41, 5.74) is 1.26. The van der Waals surface area contributed by atoms with Crippen molar-refractivity contribution >= 4 is 0 Å². The van der Waals surface area contributed by atoms with Crippen LogP contribution in [-0.4, -0.2) is 23.2 Å². The molecular formula is C14H19N3O. The Labute approximate surface area is 108 Å². The Kier molecular flexibility index (Phi) is 4.36. The van der Waals surface area contributed by atoms with E-state index < -0.39 is 0 Å². The van der Waals surface area contributed by atoms with Gasteiger partial charge in [-0.2, -0.15) is 0 Å². The van der Waals surface area contributed by atoms with Crippen molar-refractivity contribution in [3.05, 3.63) is 48.5 Å². The van der Waals surface area contributed by atoms with E-state index in [2.05, 4.69) is 29.4 Å². The number of nitrogens with zero attached hydrogens (tertiary/aromatic N) is 2. The predicted molar refractivity (Wildman–Crippen MR) is 71.6 cm³/mol. The fourth-order valence-corrected chi connectivity index (χ4v) is 1.71. The Hall–Kier alpha value is -1.81. The number of imidazole rings is 1. The summed E-state index contributed by atoms with van der Waals surface area (Å²) in [5.74, 6) is 0.905. The average molecular weight is 245 g/mol. The highest BCUT2D eigenvalue weighted by molar-refractivity contribution is 5.28. The number of ether oxygens (including phenoxy) is 1. The van der Waals surface area contributed by atoms with Crippen LogP contribution in [0.4, 0.5) is 0 Å². The van der Waals surface area contributed by atoms with E-state index in [1.165, 1.54) is 5.56 Å². The minimum Gasteiger partial charge on any atom is -0.492 e.